The van der Waals surface area contributed by atoms with Gasteiger partial charge in [-0.25, -0.2) is 0 Å². The van der Waals surface area contributed by atoms with Gasteiger partial charge in [-0.1, -0.05) is 6.07 Å². The number of carbonyl (C=O) groups is 1. The standard InChI is InChI=1S/C14H9N5O3S/c20-8-9-7-10(19(21)22)4-5-12(9)23-14-16-13(17-18-14)11-3-1-2-6-15-11/h1-8H,(H,16,17,18). The van der Waals surface area contributed by atoms with Gasteiger partial charge >= 0.3 is 0 Å². The average Bonchev–Trinajstić information content (AvgIpc) is 3.04. The number of hydrogen-bond donors (Lipinski definition) is 1. The van der Waals surface area contributed by atoms with Crippen LogP contribution >= 0.6 is 11.8 Å². The highest BCUT2D eigenvalue weighted by Crippen LogP contribution is 2.30. The average molecular weight is 327 g/mol. The normalized spacial score (nSPS) is 10.4. The maximum Gasteiger partial charge on any atom is 0.270 e. The Labute approximate surface area is 134 Å². The number of nitro groups is 1. The van der Waals surface area contributed by atoms with Gasteiger partial charge in [0.25, 0.3) is 5.69 Å². The number of aromatic amines is 1. The molecule has 0 atom stereocenters. The minimum Gasteiger partial charge on any atom is -0.298 e. The number of hydrogen-bond acceptors (Lipinski definition) is 7. The second kappa shape index (κ2) is 6.36. The number of aldehydes is 1. The Morgan fingerprint density at radius 2 is 2.13 bits per heavy atom. The van der Waals surface area contributed by atoms with Gasteiger partial charge in [-0.3, -0.25) is 25.0 Å². The number of rotatable bonds is 5. The summed E-state index contributed by atoms with van der Waals surface area (Å²) in [6, 6.07) is 9.48. The largest absolute Gasteiger partial charge is 0.298 e. The summed E-state index contributed by atoms with van der Waals surface area (Å²) in [6.45, 7) is 0. The van der Waals surface area contributed by atoms with Crippen molar-refractivity contribution in [3.8, 4) is 11.5 Å². The molecule has 114 valence electrons. The molecule has 2 aromatic heterocycles. The van der Waals surface area contributed by atoms with Gasteiger partial charge in [-0.05, 0) is 30.0 Å². The van der Waals surface area contributed by atoms with Crippen molar-refractivity contribution in [3.63, 3.8) is 0 Å². The highest BCUT2D eigenvalue weighted by molar-refractivity contribution is 7.99. The van der Waals surface area contributed by atoms with Gasteiger partial charge in [0.2, 0.25) is 5.16 Å². The van der Waals surface area contributed by atoms with Crippen molar-refractivity contribution in [1.29, 1.82) is 0 Å². The molecule has 0 bridgehead atoms. The summed E-state index contributed by atoms with van der Waals surface area (Å²) in [4.78, 5) is 30.3. The van der Waals surface area contributed by atoms with Crippen LogP contribution in [0.15, 0.2) is 52.6 Å². The van der Waals surface area contributed by atoms with E-state index >= 15 is 0 Å². The van der Waals surface area contributed by atoms with Crippen LogP contribution in [0.1, 0.15) is 10.4 Å². The van der Waals surface area contributed by atoms with E-state index < -0.39 is 4.92 Å². The Morgan fingerprint density at radius 1 is 1.26 bits per heavy atom. The van der Waals surface area contributed by atoms with Gasteiger partial charge in [-0.2, -0.15) is 4.98 Å². The number of nitrogens with one attached hydrogen (secondary N) is 1. The summed E-state index contributed by atoms with van der Waals surface area (Å²) in [7, 11) is 0. The molecule has 0 saturated heterocycles. The molecule has 0 amide bonds. The van der Waals surface area contributed by atoms with Crippen LogP contribution in [0.4, 0.5) is 5.69 Å². The molecule has 2 heterocycles. The molecule has 0 aliphatic carbocycles. The first-order valence-electron chi connectivity index (χ1n) is 6.42. The molecule has 0 spiro atoms. The van der Waals surface area contributed by atoms with Crippen molar-refractivity contribution in [3.05, 3.63) is 58.3 Å². The summed E-state index contributed by atoms with van der Waals surface area (Å²) < 4.78 is 0. The monoisotopic (exact) mass is 327 g/mol. The SMILES string of the molecule is O=Cc1cc([N+](=O)[O-])ccc1Sc1n[nH]c(-c2ccccn2)n1. The van der Waals surface area contributed by atoms with Gasteiger partial charge in [0, 0.05) is 28.8 Å². The van der Waals surface area contributed by atoms with Crippen LogP contribution in [-0.2, 0) is 0 Å². The molecule has 1 N–H and O–H groups in total. The second-order valence-electron chi connectivity index (χ2n) is 4.38. The molecular formula is C14H9N5O3S. The lowest BCUT2D eigenvalue weighted by atomic mass is 10.2. The maximum absolute atomic E-state index is 11.1. The molecule has 8 nitrogen and oxygen atoms in total. The Hall–Kier alpha value is -3.07. The van der Waals surface area contributed by atoms with E-state index in [1.807, 2.05) is 6.07 Å². The molecule has 1 aromatic carbocycles. The topological polar surface area (TPSA) is 115 Å². The van der Waals surface area contributed by atoms with E-state index in [9.17, 15) is 14.9 Å². The number of non-ortho nitro benzene ring substituents is 1. The summed E-state index contributed by atoms with van der Waals surface area (Å²) >= 11 is 1.14. The molecule has 0 fully saturated rings. The Balaban J connectivity index is 1.87. The predicted molar refractivity (Wildman–Crippen MR) is 82.2 cm³/mol. The highest BCUT2D eigenvalue weighted by Gasteiger charge is 2.14. The van der Waals surface area contributed by atoms with Crippen LogP contribution in [0, 0.1) is 10.1 Å². The smallest absolute Gasteiger partial charge is 0.270 e. The fourth-order valence-electron chi connectivity index (χ4n) is 1.84. The van der Waals surface area contributed by atoms with Crippen molar-refractivity contribution in [1.82, 2.24) is 20.2 Å². The molecule has 0 unspecified atom stereocenters. The molecule has 0 radical (unpaired) electrons. The van der Waals surface area contributed by atoms with Crippen LogP contribution in [0.2, 0.25) is 0 Å². The first-order chi connectivity index (χ1) is 11.2. The van der Waals surface area contributed by atoms with Gasteiger partial charge < -0.3 is 0 Å². The lowest BCUT2D eigenvalue weighted by Gasteiger charge is -2.01. The number of benzene rings is 1. The number of pyridine rings is 1. The van der Waals surface area contributed by atoms with Crippen molar-refractivity contribution in [2.24, 2.45) is 0 Å². The summed E-state index contributed by atoms with van der Waals surface area (Å²) in [6.07, 6.45) is 2.22. The van der Waals surface area contributed by atoms with Crippen molar-refractivity contribution >= 4 is 23.7 Å². The Morgan fingerprint density at radius 3 is 2.83 bits per heavy atom. The first kappa shape index (κ1) is 14.9. The number of carbonyl (C=O) groups excluding carboxylic acids is 1. The second-order valence-corrected chi connectivity index (χ2v) is 5.39. The van der Waals surface area contributed by atoms with E-state index in [2.05, 4.69) is 20.2 Å². The van der Waals surface area contributed by atoms with Crippen LogP contribution in [-0.4, -0.2) is 31.4 Å². The zero-order valence-corrected chi connectivity index (χ0v) is 12.4. The number of nitrogens with zero attached hydrogens (tertiary/aromatic N) is 4. The summed E-state index contributed by atoms with van der Waals surface area (Å²) in [5.74, 6) is 0.502. The predicted octanol–water partition coefficient (Wildman–Crippen LogP) is 2.74. The molecule has 0 aliphatic heterocycles. The van der Waals surface area contributed by atoms with E-state index in [0.29, 0.717) is 27.9 Å². The number of nitro benzene ring substituents is 1. The van der Waals surface area contributed by atoms with E-state index in [0.717, 1.165) is 11.8 Å². The van der Waals surface area contributed by atoms with Crippen molar-refractivity contribution < 1.29 is 9.72 Å². The lowest BCUT2D eigenvalue weighted by molar-refractivity contribution is -0.384. The van der Waals surface area contributed by atoms with Crippen LogP contribution in [0.25, 0.3) is 11.5 Å². The minimum atomic E-state index is -0.548. The fraction of sp³-hybridized carbons (Fsp3) is 0. The molecule has 3 rings (SSSR count). The summed E-state index contributed by atoms with van der Waals surface area (Å²) in [5.41, 5.74) is 0.722. The Bertz CT molecular complexity index is 866. The van der Waals surface area contributed by atoms with E-state index in [-0.39, 0.29) is 11.3 Å². The molecule has 23 heavy (non-hydrogen) atoms. The Kier molecular flexibility index (Phi) is 4.11. The number of aromatic nitrogens is 4. The van der Waals surface area contributed by atoms with Crippen LogP contribution in [0.3, 0.4) is 0 Å². The quantitative estimate of drug-likeness (QED) is 0.435. The number of H-pyrrole nitrogens is 1. The van der Waals surface area contributed by atoms with Gasteiger partial charge in [-0.15, -0.1) is 5.10 Å². The lowest BCUT2D eigenvalue weighted by Crippen LogP contribution is -1.92. The molecule has 0 saturated carbocycles. The van der Waals surface area contributed by atoms with Gasteiger partial charge in [0.15, 0.2) is 12.1 Å². The zero-order chi connectivity index (χ0) is 16.2. The van der Waals surface area contributed by atoms with Gasteiger partial charge in [0.1, 0.15) is 5.69 Å². The zero-order valence-electron chi connectivity index (χ0n) is 11.5. The van der Waals surface area contributed by atoms with Crippen LogP contribution in [0.5, 0.6) is 0 Å². The third-order valence-corrected chi connectivity index (χ3v) is 3.86. The maximum atomic E-state index is 11.1. The minimum absolute atomic E-state index is 0.138. The van der Waals surface area contributed by atoms with E-state index in [1.165, 1.54) is 18.2 Å². The molecule has 0 aliphatic rings. The van der Waals surface area contributed by atoms with E-state index in [4.69, 9.17) is 0 Å². The van der Waals surface area contributed by atoms with Crippen molar-refractivity contribution in [2.45, 2.75) is 10.1 Å². The van der Waals surface area contributed by atoms with Gasteiger partial charge in [0.05, 0.1) is 4.92 Å². The molecule has 9 heteroatoms. The van der Waals surface area contributed by atoms with Crippen molar-refractivity contribution in [2.75, 3.05) is 0 Å². The first-order valence-corrected chi connectivity index (χ1v) is 7.24. The molecule has 3 aromatic rings. The van der Waals surface area contributed by atoms with E-state index in [1.54, 1.807) is 18.3 Å². The highest BCUT2D eigenvalue weighted by atomic mass is 32.2. The summed E-state index contributed by atoms with van der Waals surface area (Å²) in [5, 5.41) is 18.0. The third kappa shape index (κ3) is 3.24. The fourth-order valence-corrected chi connectivity index (χ4v) is 2.63. The van der Waals surface area contributed by atoms with Crippen LogP contribution < -0.4 is 0 Å². The third-order valence-electron chi connectivity index (χ3n) is 2.90. The molecular weight excluding hydrogens is 318 g/mol.